The Kier molecular flexibility index (Phi) is 6.20. The van der Waals surface area contributed by atoms with E-state index in [0.29, 0.717) is 16.8 Å². The summed E-state index contributed by atoms with van der Waals surface area (Å²) < 4.78 is 29.5. The molecule has 0 unspecified atom stereocenters. The number of benzene rings is 3. The van der Waals surface area contributed by atoms with E-state index < -0.39 is 16.0 Å². The van der Waals surface area contributed by atoms with E-state index in [9.17, 15) is 13.2 Å². The molecule has 0 aliphatic carbocycles. The van der Waals surface area contributed by atoms with Crippen LogP contribution in [0.4, 0.5) is 5.69 Å². The summed E-state index contributed by atoms with van der Waals surface area (Å²) in [6, 6.07) is 19.5. The standard InChI is InChI=1S/C21H16N4O4S/c1-29-21(26)17-7-5-15(6-8-17)14-23-25-30(27,28)20-11-9-16(10-12-20)18-3-2-4-19(13-18)24-22/h2-14H,1H3/p+1. The molecule has 1 N–H and O–H groups in total. The highest BCUT2D eigenvalue weighted by Crippen LogP contribution is 2.25. The van der Waals surface area contributed by atoms with E-state index in [4.69, 9.17) is 5.39 Å². The molecule has 3 aromatic rings. The van der Waals surface area contributed by atoms with E-state index in [0.717, 1.165) is 11.1 Å². The number of rotatable bonds is 6. The van der Waals surface area contributed by atoms with Crippen molar-refractivity contribution in [1.29, 1.82) is 5.39 Å². The summed E-state index contributed by atoms with van der Waals surface area (Å²) in [5.41, 5.74) is 2.95. The van der Waals surface area contributed by atoms with Crippen LogP contribution in [0, 0.1) is 5.39 Å². The van der Waals surface area contributed by atoms with Crippen molar-refractivity contribution in [1.82, 2.24) is 4.83 Å². The van der Waals surface area contributed by atoms with Gasteiger partial charge in [-0.3, -0.25) is 0 Å². The molecule has 3 rings (SSSR count). The van der Waals surface area contributed by atoms with Crippen molar-refractivity contribution in [2.24, 2.45) is 5.10 Å². The summed E-state index contributed by atoms with van der Waals surface area (Å²) >= 11 is 0. The van der Waals surface area contributed by atoms with Gasteiger partial charge in [-0.15, -0.1) is 0 Å². The van der Waals surface area contributed by atoms with Gasteiger partial charge in [0.25, 0.3) is 10.0 Å². The molecule has 0 bridgehead atoms. The number of sulfonamides is 1. The van der Waals surface area contributed by atoms with E-state index in [1.165, 1.54) is 25.5 Å². The maximum Gasteiger partial charge on any atom is 0.385 e. The summed E-state index contributed by atoms with van der Waals surface area (Å²) in [5.74, 6) is -0.458. The fourth-order valence-corrected chi connectivity index (χ4v) is 3.41. The average Bonchev–Trinajstić information content (AvgIpc) is 2.79. The molecule has 0 fully saturated rings. The molecule has 8 nitrogen and oxygen atoms in total. The Morgan fingerprint density at radius 1 is 1.03 bits per heavy atom. The first-order valence-electron chi connectivity index (χ1n) is 8.72. The second-order valence-corrected chi connectivity index (χ2v) is 7.80. The number of nitrogens with one attached hydrogen (secondary N) is 1. The van der Waals surface area contributed by atoms with Crippen LogP contribution in [0.25, 0.3) is 16.1 Å². The number of hydrazone groups is 1. The fraction of sp³-hybridized carbons (Fsp3) is 0.0476. The third-order valence-corrected chi connectivity index (χ3v) is 5.42. The SMILES string of the molecule is COC(=O)c1ccc(/C=N/NS(=O)(=O)c2ccc(-c3cccc([N+]#N)c3)cc2)cc1. The molecule has 30 heavy (non-hydrogen) atoms. The molecule has 0 saturated heterocycles. The molecule has 0 spiro atoms. The average molecular weight is 421 g/mol. The zero-order valence-corrected chi connectivity index (χ0v) is 16.7. The lowest BCUT2D eigenvalue weighted by atomic mass is 10.1. The predicted octanol–water partition coefficient (Wildman–Crippen LogP) is 3.94. The van der Waals surface area contributed by atoms with Crippen LogP contribution in [0.1, 0.15) is 15.9 Å². The van der Waals surface area contributed by atoms with Crippen molar-refractivity contribution in [3.05, 3.63) is 88.9 Å². The van der Waals surface area contributed by atoms with Gasteiger partial charge in [-0.2, -0.15) is 13.5 Å². The highest BCUT2D eigenvalue weighted by atomic mass is 32.2. The van der Waals surface area contributed by atoms with Crippen molar-refractivity contribution in [3.8, 4) is 11.1 Å². The van der Waals surface area contributed by atoms with Crippen LogP contribution in [-0.2, 0) is 14.8 Å². The second kappa shape index (κ2) is 8.98. The maximum atomic E-state index is 12.4. The minimum absolute atomic E-state index is 0.0486. The van der Waals surface area contributed by atoms with Gasteiger partial charge in [-0.1, -0.05) is 36.4 Å². The lowest BCUT2D eigenvalue weighted by Crippen LogP contribution is -2.18. The first-order valence-corrected chi connectivity index (χ1v) is 10.2. The zero-order chi connectivity index (χ0) is 21.6. The number of carbonyl (C=O) groups is 1. The van der Waals surface area contributed by atoms with Crippen LogP contribution in [0.3, 0.4) is 0 Å². The smallest absolute Gasteiger partial charge is 0.385 e. The molecule has 0 aromatic heterocycles. The lowest BCUT2D eigenvalue weighted by Gasteiger charge is -2.05. The number of nitrogens with zero attached hydrogens (tertiary/aromatic N) is 3. The molecule has 150 valence electrons. The van der Waals surface area contributed by atoms with Crippen LogP contribution < -0.4 is 4.83 Å². The van der Waals surface area contributed by atoms with Gasteiger partial charge >= 0.3 is 11.7 Å². The van der Waals surface area contributed by atoms with Gasteiger partial charge in [0.15, 0.2) is 4.98 Å². The number of methoxy groups -OCH3 is 1. The molecular weight excluding hydrogens is 404 g/mol. The van der Waals surface area contributed by atoms with E-state index >= 15 is 0 Å². The second-order valence-electron chi connectivity index (χ2n) is 6.14. The summed E-state index contributed by atoms with van der Waals surface area (Å²) in [5, 5.41) is 12.6. The molecular formula is C21H17N4O4S+. The highest BCUT2D eigenvalue weighted by molar-refractivity contribution is 7.89. The van der Waals surface area contributed by atoms with Crippen molar-refractivity contribution >= 4 is 27.9 Å². The monoisotopic (exact) mass is 421 g/mol. The summed E-state index contributed by atoms with van der Waals surface area (Å²) in [4.78, 5) is 16.8. The first-order chi connectivity index (χ1) is 14.4. The van der Waals surface area contributed by atoms with Gasteiger partial charge in [0.2, 0.25) is 5.39 Å². The van der Waals surface area contributed by atoms with Crippen LogP contribution in [-0.4, -0.2) is 27.7 Å². The van der Waals surface area contributed by atoms with Gasteiger partial charge < -0.3 is 4.74 Å². The minimum Gasteiger partial charge on any atom is -0.465 e. The Morgan fingerprint density at radius 3 is 2.37 bits per heavy atom. The molecule has 0 atom stereocenters. The summed E-state index contributed by atoms with van der Waals surface area (Å²) in [6.07, 6.45) is 1.33. The first kappa shape index (κ1) is 20.7. The van der Waals surface area contributed by atoms with Crippen LogP contribution in [0.15, 0.2) is 82.8 Å². The van der Waals surface area contributed by atoms with Gasteiger partial charge in [0, 0.05) is 12.1 Å². The molecule has 0 heterocycles. The van der Waals surface area contributed by atoms with Crippen molar-refractivity contribution < 1.29 is 17.9 Å². The Bertz CT molecular complexity index is 1230. The Morgan fingerprint density at radius 2 is 1.73 bits per heavy atom. The zero-order valence-electron chi connectivity index (χ0n) is 15.9. The minimum atomic E-state index is -3.85. The largest absolute Gasteiger partial charge is 0.465 e. The quantitative estimate of drug-likeness (QED) is 0.280. The van der Waals surface area contributed by atoms with E-state index in [1.807, 2.05) is 6.07 Å². The molecule has 3 aromatic carbocycles. The number of esters is 1. The number of hydrogen-bond donors (Lipinski definition) is 1. The Labute approximate surface area is 173 Å². The molecule has 9 heteroatoms. The topological polar surface area (TPSA) is 113 Å². The van der Waals surface area contributed by atoms with Gasteiger partial charge in [0.1, 0.15) is 0 Å². The van der Waals surface area contributed by atoms with Gasteiger partial charge in [0.05, 0.1) is 23.8 Å². The lowest BCUT2D eigenvalue weighted by molar-refractivity contribution is 0.0600. The third kappa shape index (κ3) is 4.87. The van der Waals surface area contributed by atoms with Crippen LogP contribution in [0.5, 0.6) is 0 Å². The molecule has 0 aliphatic heterocycles. The van der Waals surface area contributed by atoms with Crippen molar-refractivity contribution in [2.45, 2.75) is 4.90 Å². The molecule has 0 saturated carbocycles. The third-order valence-electron chi connectivity index (χ3n) is 4.18. The van der Waals surface area contributed by atoms with Crippen LogP contribution >= 0.6 is 0 Å². The maximum absolute atomic E-state index is 12.4. The Balaban J connectivity index is 1.70. The van der Waals surface area contributed by atoms with Crippen LogP contribution in [0.2, 0.25) is 0 Å². The van der Waals surface area contributed by atoms with Crippen molar-refractivity contribution in [2.75, 3.05) is 7.11 Å². The molecule has 0 radical (unpaired) electrons. The van der Waals surface area contributed by atoms with Gasteiger partial charge in [-0.05, 0) is 41.0 Å². The highest BCUT2D eigenvalue weighted by Gasteiger charge is 2.13. The molecule has 0 aliphatic rings. The number of carbonyl (C=O) groups excluding carboxylic acids is 1. The van der Waals surface area contributed by atoms with E-state index in [2.05, 4.69) is 19.6 Å². The van der Waals surface area contributed by atoms with E-state index in [-0.39, 0.29) is 4.90 Å². The summed E-state index contributed by atoms with van der Waals surface area (Å²) in [7, 11) is -2.56. The van der Waals surface area contributed by atoms with E-state index in [1.54, 1.807) is 54.6 Å². The predicted molar refractivity (Wildman–Crippen MR) is 112 cm³/mol. The number of hydrogen-bond acceptors (Lipinski definition) is 6. The number of ether oxygens (including phenoxy) is 1. The number of diazo groups is 1. The normalized spacial score (nSPS) is 11.1. The fourth-order valence-electron chi connectivity index (χ4n) is 2.62. The molecule has 0 amide bonds. The van der Waals surface area contributed by atoms with Crippen molar-refractivity contribution in [3.63, 3.8) is 0 Å². The Hall–Kier alpha value is -4.03. The van der Waals surface area contributed by atoms with Gasteiger partial charge in [-0.25, -0.2) is 9.63 Å². The summed E-state index contributed by atoms with van der Waals surface area (Å²) in [6.45, 7) is 0.